The number of benzene rings is 1. The molecule has 0 unspecified atom stereocenters. The number of nitrogens with zero attached hydrogens (tertiary/aromatic N) is 2. The maximum atomic E-state index is 11.6. The van der Waals surface area contributed by atoms with Gasteiger partial charge in [0, 0.05) is 22.9 Å². The van der Waals surface area contributed by atoms with Gasteiger partial charge in [-0.1, -0.05) is 30.0 Å². The first kappa shape index (κ1) is 12.9. The van der Waals surface area contributed by atoms with Crippen molar-refractivity contribution in [2.45, 2.75) is 17.7 Å². The minimum atomic E-state index is -0.307. The number of aliphatic imine (C=N–C) groups is 1. The average molecular weight is 283 g/mol. The summed E-state index contributed by atoms with van der Waals surface area (Å²) in [4.78, 5) is 23.9. The highest BCUT2D eigenvalue weighted by molar-refractivity contribution is 8.14. The molecule has 0 amide bonds. The van der Waals surface area contributed by atoms with Crippen LogP contribution in [0.3, 0.4) is 0 Å². The van der Waals surface area contributed by atoms with Crippen molar-refractivity contribution in [1.82, 2.24) is 9.97 Å². The van der Waals surface area contributed by atoms with E-state index in [1.165, 1.54) is 0 Å². The molecule has 2 aromatic rings. The number of H-pyrrole nitrogens is 1. The summed E-state index contributed by atoms with van der Waals surface area (Å²) >= 11 is 1.62. The molecule has 5 heteroatoms. The molecule has 0 spiro atoms. The van der Waals surface area contributed by atoms with Gasteiger partial charge in [-0.3, -0.25) is 4.99 Å². The molecule has 1 aromatic heterocycles. The van der Waals surface area contributed by atoms with Gasteiger partial charge in [-0.25, -0.2) is 4.79 Å². The molecular formula is C15H13N3OS. The average Bonchev–Trinajstić information content (AvgIpc) is 2.43. The summed E-state index contributed by atoms with van der Waals surface area (Å²) in [6, 6.07) is 5.86. The first-order chi connectivity index (χ1) is 9.78. The molecule has 1 N–H and O–H groups in total. The summed E-state index contributed by atoms with van der Waals surface area (Å²) in [6.07, 6.45) is 6.94. The van der Waals surface area contributed by atoms with Crippen LogP contribution in [-0.2, 0) is 6.42 Å². The molecule has 0 radical (unpaired) electrons. The fraction of sp³-hybridized carbons (Fsp3) is 0.133. The van der Waals surface area contributed by atoms with E-state index in [1.807, 2.05) is 30.4 Å². The highest BCUT2D eigenvalue weighted by Crippen LogP contribution is 2.34. The minimum Gasteiger partial charge on any atom is -0.305 e. The van der Waals surface area contributed by atoms with Gasteiger partial charge >= 0.3 is 5.69 Å². The van der Waals surface area contributed by atoms with Crippen LogP contribution in [0, 0.1) is 0 Å². The van der Waals surface area contributed by atoms with Gasteiger partial charge in [0.25, 0.3) is 0 Å². The van der Waals surface area contributed by atoms with Gasteiger partial charge in [0.2, 0.25) is 0 Å². The normalized spacial score (nSPS) is 16.1. The third kappa shape index (κ3) is 2.44. The largest absolute Gasteiger partial charge is 0.345 e. The standard InChI is InChI=1S/C15H13N3OS/c1-2-3-4-8-16-13-9-11-14-10(17-15(19)18-11)6-5-7-12(14)20-13/h2,4-8H,1,3,9H2,(H,17,18,19)/b8-4-,16-13+. The second-order valence-electron chi connectivity index (χ2n) is 4.38. The second kappa shape index (κ2) is 5.46. The van der Waals surface area contributed by atoms with Crippen molar-refractivity contribution in [2.24, 2.45) is 4.99 Å². The Bertz CT molecular complexity index is 789. The smallest absolute Gasteiger partial charge is 0.305 e. The lowest BCUT2D eigenvalue weighted by molar-refractivity contribution is 1.04. The Balaban J connectivity index is 2.03. The van der Waals surface area contributed by atoms with E-state index < -0.39 is 0 Å². The predicted molar refractivity (Wildman–Crippen MR) is 83.3 cm³/mol. The van der Waals surface area contributed by atoms with Crippen LogP contribution < -0.4 is 5.69 Å². The fourth-order valence-corrected chi connectivity index (χ4v) is 3.19. The molecule has 100 valence electrons. The number of aromatic amines is 1. The van der Waals surface area contributed by atoms with Crippen LogP contribution >= 0.6 is 11.8 Å². The first-order valence-electron chi connectivity index (χ1n) is 6.30. The van der Waals surface area contributed by atoms with Crippen molar-refractivity contribution in [2.75, 3.05) is 0 Å². The van der Waals surface area contributed by atoms with E-state index in [1.54, 1.807) is 18.0 Å². The number of allylic oxidation sites excluding steroid dienone is 2. The minimum absolute atomic E-state index is 0.307. The Hall–Kier alpha value is -2.14. The van der Waals surface area contributed by atoms with Crippen LogP contribution in [0.2, 0.25) is 0 Å². The van der Waals surface area contributed by atoms with Crippen molar-refractivity contribution in [3.05, 3.63) is 59.3 Å². The lowest BCUT2D eigenvalue weighted by atomic mass is 10.1. The first-order valence-corrected chi connectivity index (χ1v) is 7.12. The van der Waals surface area contributed by atoms with Crippen LogP contribution in [0.25, 0.3) is 10.9 Å². The van der Waals surface area contributed by atoms with E-state index in [2.05, 4.69) is 21.5 Å². The highest BCUT2D eigenvalue weighted by atomic mass is 32.2. The fourth-order valence-electron chi connectivity index (χ4n) is 2.14. The molecule has 4 nitrogen and oxygen atoms in total. The molecule has 0 fully saturated rings. The number of thioether (sulfide) groups is 1. The Kier molecular flexibility index (Phi) is 3.52. The lowest BCUT2D eigenvalue weighted by Gasteiger charge is -2.16. The van der Waals surface area contributed by atoms with Crippen molar-refractivity contribution < 1.29 is 0 Å². The molecule has 2 heterocycles. The van der Waals surface area contributed by atoms with Crippen LogP contribution in [0.1, 0.15) is 12.1 Å². The lowest BCUT2D eigenvalue weighted by Crippen LogP contribution is -2.17. The molecule has 3 rings (SSSR count). The van der Waals surface area contributed by atoms with Crippen LogP contribution in [-0.4, -0.2) is 15.0 Å². The van der Waals surface area contributed by atoms with Gasteiger partial charge in [-0.15, -0.1) is 6.58 Å². The highest BCUT2D eigenvalue weighted by Gasteiger charge is 2.19. The second-order valence-corrected chi connectivity index (χ2v) is 5.49. The molecular weight excluding hydrogens is 270 g/mol. The maximum absolute atomic E-state index is 11.6. The molecule has 0 atom stereocenters. The molecule has 20 heavy (non-hydrogen) atoms. The summed E-state index contributed by atoms with van der Waals surface area (Å²) in [7, 11) is 0. The van der Waals surface area contributed by atoms with E-state index in [0.29, 0.717) is 6.42 Å². The van der Waals surface area contributed by atoms with Gasteiger partial charge in [0.1, 0.15) is 0 Å². The van der Waals surface area contributed by atoms with Gasteiger partial charge in [-0.2, -0.15) is 4.98 Å². The Morgan fingerprint density at radius 1 is 1.50 bits per heavy atom. The Morgan fingerprint density at radius 3 is 3.25 bits per heavy atom. The molecule has 0 aliphatic carbocycles. The maximum Gasteiger partial charge on any atom is 0.345 e. The van der Waals surface area contributed by atoms with Crippen molar-refractivity contribution in [1.29, 1.82) is 0 Å². The zero-order chi connectivity index (χ0) is 13.9. The van der Waals surface area contributed by atoms with Gasteiger partial charge in [0.05, 0.1) is 16.3 Å². The summed E-state index contributed by atoms with van der Waals surface area (Å²) in [5.74, 6) is 0. The summed E-state index contributed by atoms with van der Waals surface area (Å²) in [5.41, 5.74) is 1.33. The van der Waals surface area contributed by atoms with E-state index in [-0.39, 0.29) is 5.69 Å². The van der Waals surface area contributed by atoms with Gasteiger partial charge in [0.15, 0.2) is 0 Å². The number of hydrogen-bond donors (Lipinski definition) is 1. The molecule has 0 bridgehead atoms. The SMILES string of the molecule is C=CC/C=C\N=C1/Cc2nc(=O)[nH]c3cccc(c23)S1. The Labute approximate surface area is 120 Å². The van der Waals surface area contributed by atoms with E-state index in [9.17, 15) is 4.79 Å². The predicted octanol–water partition coefficient (Wildman–Crippen LogP) is 3.06. The van der Waals surface area contributed by atoms with Crippen LogP contribution in [0.5, 0.6) is 0 Å². The summed E-state index contributed by atoms with van der Waals surface area (Å²) in [6.45, 7) is 3.66. The number of rotatable bonds is 3. The van der Waals surface area contributed by atoms with Gasteiger partial charge in [-0.05, 0) is 18.6 Å². The zero-order valence-corrected chi connectivity index (χ0v) is 11.6. The summed E-state index contributed by atoms with van der Waals surface area (Å²) < 4.78 is 0. The number of nitrogens with one attached hydrogen (secondary N) is 1. The molecule has 1 aromatic carbocycles. The monoisotopic (exact) mass is 283 g/mol. The zero-order valence-electron chi connectivity index (χ0n) is 10.8. The number of aromatic nitrogens is 2. The molecule has 0 saturated heterocycles. The quantitative estimate of drug-likeness (QED) is 0.881. The third-order valence-electron chi connectivity index (χ3n) is 2.97. The molecule has 0 saturated carbocycles. The molecule has 1 aliphatic heterocycles. The van der Waals surface area contributed by atoms with Gasteiger partial charge < -0.3 is 4.98 Å². The van der Waals surface area contributed by atoms with E-state index >= 15 is 0 Å². The third-order valence-corrected chi connectivity index (χ3v) is 4.01. The van der Waals surface area contributed by atoms with Crippen molar-refractivity contribution in [3.63, 3.8) is 0 Å². The topological polar surface area (TPSA) is 58.1 Å². The molecule has 1 aliphatic rings. The van der Waals surface area contributed by atoms with Crippen LogP contribution in [0.4, 0.5) is 0 Å². The summed E-state index contributed by atoms with van der Waals surface area (Å²) in [5, 5.41) is 1.98. The number of hydrogen-bond acceptors (Lipinski definition) is 4. The van der Waals surface area contributed by atoms with Crippen molar-refractivity contribution in [3.8, 4) is 0 Å². The van der Waals surface area contributed by atoms with E-state index in [4.69, 9.17) is 0 Å². The van der Waals surface area contributed by atoms with E-state index in [0.717, 1.165) is 33.0 Å². The van der Waals surface area contributed by atoms with Crippen molar-refractivity contribution >= 4 is 27.7 Å². The Morgan fingerprint density at radius 2 is 2.40 bits per heavy atom. The van der Waals surface area contributed by atoms with Crippen LogP contribution in [0.15, 0.2) is 57.8 Å².